The third-order valence-corrected chi connectivity index (χ3v) is 14.6. The summed E-state index contributed by atoms with van der Waals surface area (Å²) in [6, 6.07) is -0.888. The highest BCUT2D eigenvalue weighted by Crippen LogP contribution is 2.38. The van der Waals surface area contributed by atoms with Crippen molar-refractivity contribution in [1.29, 1.82) is 0 Å². The lowest BCUT2D eigenvalue weighted by Crippen LogP contribution is -2.47. The van der Waals surface area contributed by atoms with E-state index in [0.717, 1.165) is 96.3 Å². The Morgan fingerprint density at radius 1 is 0.480 bits per heavy atom. The summed E-state index contributed by atoms with van der Waals surface area (Å²) in [6.45, 7) is 6.72. The van der Waals surface area contributed by atoms with E-state index in [4.69, 9.17) is 13.8 Å². The average Bonchev–Trinajstić information content (AvgIpc) is 3.37. The Morgan fingerprint density at radius 3 is 1.28 bits per heavy atom. The standard InChI is InChI=1S/C65H119N2O7P/c1-7-10-13-16-19-22-25-26-27-28-29-30-31-32-33-34-35-36-37-38-39-40-43-45-48-51-54-57-64(68)66-62(61-73-75(70,71)72-60-59-67(4,5)6)63(56-53-50-47-44-41-23-20-17-14-11-8-2)74-65(69)58-55-52-49-46-42-24-21-18-15-12-9-3/h10,13,19,22,26-27,29-30,32-33,53,56,62-63H,7-9,11-12,14-18,20-21,23-25,28,31,34-52,54-55,57-61H2,1-6H3,(H-,66,68,70,71)/b13-10-,22-19-,27-26-,30-29-,33-32-,56-53-. The second-order valence-corrected chi connectivity index (χ2v) is 23.6. The molecule has 3 atom stereocenters. The molecule has 0 radical (unpaired) electrons. The van der Waals surface area contributed by atoms with E-state index < -0.39 is 20.0 Å². The predicted octanol–water partition coefficient (Wildman–Crippen LogP) is 18.6. The summed E-state index contributed by atoms with van der Waals surface area (Å²) in [7, 11) is 1.18. The number of carbonyl (C=O) groups excluding carboxylic acids is 2. The molecule has 436 valence electrons. The average molecular weight is 1070 g/mol. The number of phosphoric ester groups is 1. The van der Waals surface area contributed by atoms with Gasteiger partial charge >= 0.3 is 5.97 Å². The Kier molecular flexibility index (Phi) is 52.9. The molecule has 3 unspecified atom stereocenters. The van der Waals surface area contributed by atoms with Crippen LogP contribution in [-0.4, -0.2) is 69.4 Å². The molecule has 0 saturated carbocycles. The van der Waals surface area contributed by atoms with Gasteiger partial charge in [0, 0.05) is 12.8 Å². The smallest absolute Gasteiger partial charge is 0.306 e. The van der Waals surface area contributed by atoms with Crippen molar-refractivity contribution in [2.75, 3.05) is 40.9 Å². The Morgan fingerprint density at radius 2 is 0.853 bits per heavy atom. The van der Waals surface area contributed by atoms with Crippen LogP contribution in [0.1, 0.15) is 278 Å². The zero-order valence-electron chi connectivity index (χ0n) is 49.7. The number of allylic oxidation sites excluding steroid dienone is 11. The fourth-order valence-electron chi connectivity index (χ4n) is 8.84. The van der Waals surface area contributed by atoms with Crippen molar-refractivity contribution < 1.29 is 37.3 Å². The van der Waals surface area contributed by atoms with Gasteiger partial charge in [-0.05, 0) is 76.7 Å². The number of quaternary nitrogens is 1. The van der Waals surface area contributed by atoms with Crippen molar-refractivity contribution in [3.63, 3.8) is 0 Å². The molecule has 0 saturated heterocycles. The molecule has 1 amide bonds. The molecule has 0 bridgehead atoms. The molecule has 0 fully saturated rings. The normalized spacial score (nSPS) is 14.2. The molecular weight excluding hydrogens is 952 g/mol. The highest BCUT2D eigenvalue weighted by atomic mass is 31.2. The maximum atomic E-state index is 13.5. The minimum Gasteiger partial charge on any atom is -0.756 e. The number of rotatable bonds is 56. The van der Waals surface area contributed by atoms with Crippen LogP contribution in [0.25, 0.3) is 0 Å². The van der Waals surface area contributed by atoms with Gasteiger partial charge in [-0.15, -0.1) is 0 Å². The first kappa shape index (κ1) is 72.5. The first-order valence-electron chi connectivity index (χ1n) is 31.2. The summed E-state index contributed by atoms with van der Waals surface area (Å²) in [6.07, 6.45) is 70.2. The maximum absolute atomic E-state index is 13.5. The molecule has 0 aliphatic rings. The molecule has 0 spiro atoms. The molecule has 0 aliphatic carbocycles. The van der Waals surface area contributed by atoms with E-state index in [1.54, 1.807) is 0 Å². The maximum Gasteiger partial charge on any atom is 0.306 e. The van der Waals surface area contributed by atoms with Gasteiger partial charge in [-0.3, -0.25) is 14.2 Å². The number of phosphoric acid groups is 1. The van der Waals surface area contributed by atoms with Crippen LogP contribution in [0.4, 0.5) is 0 Å². The highest BCUT2D eigenvalue weighted by Gasteiger charge is 2.27. The number of carbonyl (C=O) groups is 2. The molecule has 0 aromatic rings. The van der Waals surface area contributed by atoms with Crippen molar-refractivity contribution in [2.24, 2.45) is 0 Å². The van der Waals surface area contributed by atoms with Crippen LogP contribution in [0.15, 0.2) is 72.9 Å². The zero-order valence-corrected chi connectivity index (χ0v) is 50.6. The van der Waals surface area contributed by atoms with Crippen molar-refractivity contribution in [1.82, 2.24) is 5.32 Å². The number of esters is 1. The highest BCUT2D eigenvalue weighted by molar-refractivity contribution is 7.45. The third-order valence-electron chi connectivity index (χ3n) is 13.7. The molecular formula is C65H119N2O7P. The van der Waals surface area contributed by atoms with Gasteiger partial charge in [0.15, 0.2) is 0 Å². The number of unbranched alkanes of at least 4 members (excludes halogenated alkanes) is 30. The quantitative estimate of drug-likeness (QED) is 0.0212. The number of likely N-dealkylation sites (N-methyl/N-ethyl adjacent to an activating group) is 1. The minimum absolute atomic E-state index is 0.0235. The SMILES string of the molecule is CC/C=C\C/C=C\C/C=C\C/C=C\C/C=C\CCCCCCCCCCCCCC(=O)NC(COP(=O)([O-])OCC[N+](C)(C)C)C(/C=C\CCCCCCCCCCC)OC(=O)CCCCCCCCCCCCC. The Hall–Kier alpha value is -2.55. The number of nitrogens with zero attached hydrogens (tertiary/aromatic N) is 1. The second kappa shape index (κ2) is 54.8. The summed E-state index contributed by atoms with van der Waals surface area (Å²) in [5.74, 6) is -0.542. The van der Waals surface area contributed by atoms with Gasteiger partial charge < -0.3 is 28.5 Å². The monoisotopic (exact) mass is 1070 g/mol. The molecule has 75 heavy (non-hydrogen) atoms. The van der Waals surface area contributed by atoms with Gasteiger partial charge in [0.1, 0.15) is 19.3 Å². The van der Waals surface area contributed by atoms with Crippen molar-refractivity contribution in [3.8, 4) is 0 Å². The minimum atomic E-state index is -4.69. The van der Waals surface area contributed by atoms with Crippen LogP contribution >= 0.6 is 7.82 Å². The largest absolute Gasteiger partial charge is 0.756 e. The van der Waals surface area contributed by atoms with Gasteiger partial charge in [0.05, 0.1) is 33.8 Å². The van der Waals surface area contributed by atoms with E-state index in [2.05, 4.69) is 86.8 Å². The number of nitrogens with one attached hydrogen (secondary N) is 1. The van der Waals surface area contributed by atoms with Gasteiger partial charge in [-0.2, -0.15) is 0 Å². The van der Waals surface area contributed by atoms with Crippen LogP contribution in [-0.2, 0) is 27.9 Å². The van der Waals surface area contributed by atoms with Crippen LogP contribution in [0.2, 0.25) is 0 Å². The van der Waals surface area contributed by atoms with E-state index in [-0.39, 0.29) is 31.5 Å². The molecule has 0 aromatic heterocycles. The summed E-state index contributed by atoms with van der Waals surface area (Å²) in [5.41, 5.74) is 0. The lowest BCUT2D eigenvalue weighted by Gasteiger charge is -2.30. The number of ether oxygens (including phenoxy) is 1. The van der Waals surface area contributed by atoms with E-state index >= 15 is 0 Å². The molecule has 9 nitrogen and oxygen atoms in total. The van der Waals surface area contributed by atoms with E-state index in [0.29, 0.717) is 17.4 Å². The van der Waals surface area contributed by atoms with E-state index in [1.807, 2.05) is 33.3 Å². The fourth-order valence-corrected chi connectivity index (χ4v) is 9.57. The molecule has 0 heterocycles. The Bertz CT molecular complexity index is 1510. The summed E-state index contributed by atoms with van der Waals surface area (Å²) >= 11 is 0. The number of hydrogen-bond acceptors (Lipinski definition) is 7. The lowest BCUT2D eigenvalue weighted by atomic mass is 10.0. The molecule has 1 N–H and O–H groups in total. The summed E-state index contributed by atoms with van der Waals surface area (Å²) < 4.78 is 30.2. The van der Waals surface area contributed by atoms with Crippen molar-refractivity contribution >= 4 is 19.7 Å². The third kappa shape index (κ3) is 56.0. The van der Waals surface area contributed by atoms with Crippen LogP contribution in [0.5, 0.6) is 0 Å². The van der Waals surface area contributed by atoms with Gasteiger partial charge in [0.2, 0.25) is 5.91 Å². The summed E-state index contributed by atoms with van der Waals surface area (Å²) in [4.78, 5) is 39.9. The first-order chi connectivity index (χ1) is 36.4. The molecule has 10 heteroatoms. The number of hydrogen-bond donors (Lipinski definition) is 1. The Labute approximate surface area is 463 Å². The van der Waals surface area contributed by atoms with Crippen LogP contribution in [0.3, 0.4) is 0 Å². The van der Waals surface area contributed by atoms with E-state index in [9.17, 15) is 19.0 Å². The van der Waals surface area contributed by atoms with Gasteiger partial charge in [0.25, 0.3) is 7.82 Å². The van der Waals surface area contributed by atoms with Crippen molar-refractivity contribution in [2.45, 2.75) is 290 Å². The summed E-state index contributed by atoms with van der Waals surface area (Å²) in [5, 5.41) is 3.02. The molecule has 0 aliphatic heterocycles. The predicted molar refractivity (Wildman–Crippen MR) is 321 cm³/mol. The first-order valence-corrected chi connectivity index (χ1v) is 32.7. The zero-order chi connectivity index (χ0) is 55.0. The lowest BCUT2D eigenvalue weighted by molar-refractivity contribution is -0.870. The van der Waals surface area contributed by atoms with Gasteiger partial charge in [-0.25, -0.2) is 0 Å². The van der Waals surface area contributed by atoms with Crippen LogP contribution in [0, 0.1) is 0 Å². The fraction of sp³-hybridized carbons (Fsp3) is 0.785. The van der Waals surface area contributed by atoms with Crippen LogP contribution < -0.4 is 10.2 Å². The number of amides is 1. The molecule has 0 aromatic carbocycles. The van der Waals surface area contributed by atoms with Gasteiger partial charge in [-0.1, -0.05) is 261 Å². The second-order valence-electron chi connectivity index (χ2n) is 22.2. The van der Waals surface area contributed by atoms with Crippen molar-refractivity contribution in [3.05, 3.63) is 72.9 Å². The topological polar surface area (TPSA) is 114 Å². The Balaban J connectivity index is 5.01. The molecule has 0 rings (SSSR count). The van der Waals surface area contributed by atoms with E-state index in [1.165, 1.54) is 148 Å².